The summed E-state index contributed by atoms with van der Waals surface area (Å²) in [6.07, 6.45) is 1.40. The Labute approximate surface area is 145 Å². The number of benzene rings is 1. The van der Waals surface area contributed by atoms with Crippen LogP contribution in [0.3, 0.4) is 0 Å². The fraction of sp³-hybridized carbons (Fsp3) is 0.278. The van der Waals surface area contributed by atoms with E-state index in [-0.39, 0.29) is 18.6 Å². The molecule has 1 aromatic heterocycles. The van der Waals surface area contributed by atoms with Crippen molar-refractivity contribution in [1.82, 2.24) is 9.88 Å². The molecule has 0 unspecified atom stereocenters. The predicted molar refractivity (Wildman–Crippen MR) is 88.4 cm³/mol. The molecule has 0 atom stereocenters. The molecule has 2 aromatic rings. The Bertz CT molecular complexity index is 797. The van der Waals surface area contributed by atoms with E-state index in [1.807, 2.05) is 18.2 Å². The summed E-state index contributed by atoms with van der Waals surface area (Å²) in [5.74, 6) is 1.39. The van der Waals surface area contributed by atoms with E-state index in [4.69, 9.17) is 19.5 Å². The van der Waals surface area contributed by atoms with E-state index in [1.165, 1.54) is 6.20 Å². The quantitative estimate of drug-likeness (QED) is 0.795. The largest absolute Gasteiger partial charge is 0.493 e. The molecule has 1 aromatic carbocycles. The highest BCUT2D eigenvalue weighted by Gasteiger charge is 2.32. The third-order valence-electron chi connectivity index (χ3n) is 3.77. The number of carbonyl (C=O) groups is 1. The molecule has 1 aliphatic heterocycles. The predicted octanol–water partition coefficient (Wildman–Crippen LogP) is 1.63. The number of methoxy groups -OCH3 is 1. The van der Waals surface area contributed by atoms with Gasteiger partial charge in [0.2, 0.25) is 5.88 Å². The minimum absolute atomic E-state index is 0.0603. The van der Waals surface area contributed by atoms with Gasteiger partial charge in [-0.15, -0.1) is 0 Å². The molecule has 0 radical (unpaired) electrons. The zero-order valence-electron chi connectivity index (χ0n) is 13.7. The Hall–Kier alpha value is -3.27. The Morgan fingerprint density at radius 2 is 2.08 bits per heavy atom. The van der Waals surface area contributed by atoms with Crippen molar-refractivity contribution in [1.29, 1.82) is 5.26 Å². The fourth-order valence-corrected chi connectivity index (χ4v) is 2.40. The van der Waals surface area contributed by atoms with E-state index < -0.39 is 0 Å². The maximum atomic E-state index is 12.1. The SMILES string of the molecule is COc1ccccc1OCC(=O)N1CC(Oc2cc(C#N)ccn2)C1. The second kappa shape index (κ2) is 7.53. The highest BCUT2D eigenvalue weighted by molar-refractivity contribution is 5.78. The normalized spacial score (nSPS) is 13.5. The molecule has 0 spiro atoms. The number of hydrogen-bond acceptors (Lipinski definition) is 6. The second-order valence-electron chi connectivity index (χ2n) is 5.47. The second-order valence-corrected chi connectivity index (χ2v) is 5.47. The van der Waals surface area contributed by atoms with Crippen LogP contribution in [-0.4, -0.2) is 48.7 Å². The van der Waals surface area contributed by atoms with Gasteiger partial charge >= 0.3 is 0 Å². The Morgan fingerprint density at radius 1 is 1.32 bits per heavy atom. The van der Waals surface area contributed by atoms with Crippen LogP contribution in [-0.2, 0) is 4.79 Å². The highest BCUT2D eigenvalue weighted by atomic mass is 16.5. The van der Waals surface area contributed by atoms with Gasteiger partial charge < -0.3 is 19.1 Å². The molecule has 7 heteroatoms. The number of aromatic nitrogens is 1. The van der Waals surface area contributed by atoms with Crippen LogP contribution in [0.5, 0.6) is 17.4 Å². The first-order valence-corrected chi connectivity index (χ1v) is 7.76. The first-order chi connectivity index (χ1) is 12.2. The number of ether oxygens (including phenoxy) is 3. The van der Waals surface area contributed by atoms with Gasteiger partial charge in [-0.1, -0.05) is 12.1 Å². The van der Waals surface area contributed by atoms with E-state index in [0.29, 0.717) is 36.0 Å². The fourth-order valence-electron chi connectivity index (χ4n) is 2.40. The zero-order chi connectivity index (χ0) is 17.6. The van der Waals surface area contributed by atoms with Crippen molar-refractivity contribution in [2.45, 2.75) is 6.10 Å². The van der Waals surface area contributed by atoms with Crippen LogP contribution in [0.2, 0.25) is 0 Å². The van der Waals surface area contributed by atoms with Crippen LogP contribution in [0.1, 0.15) is 5.56 Å². The van der Waals surface area contributed by atoms with Crippen molar-refractivity contribution in [2.75, 3.05) is 26.8 Å². The maximum Gasteiger partial charge on any atom is 0.260 e. The van der Waals surface area contributed by atoms with E-state index in [1.54, 1.807) is 36.3 Å². The van der Waals surface area contributed by atoms with Crippen LogP contribution < -0.4 is 14.2 Å². The Morgan fingerprint density at radius 3 is 2.80 bits per heavy atom. The molecule has 3 rings (SSSR count). The first kappa shape index (κ1) is 16.6. The molecule has 0 saturated carbocycles. The van der Waals surface area contributed by atoms with Crippen LogP contribution >= 0.6 is 0 Å². The lowest BCUT2D eigenvalue weighted by atomic mass is 10.1. The van der Waals surface area contributed by atoms with Gasteiger partial charge in [-0.3, -0.25) is 4.79 Å². The number of hydrogen-bond donors (Lipinski definition) is 0. The number of pyridine rings is 1. The minimum Gasteiger partial charge on any atom is -0.493 e. The van der Waals surface area contributed by atoms with Crippen molar-refractivity contribution in [3.05, 3.63) is 48.2 Å². The van der Waals surface area contributed by atoms with Crippen LogP contribution in [0.15, 0.2) is 42.6 Å². The lowest BCUT2D eigenvalue weighted by Crippen LogP contribution is -2.57. The monoisotopic (exact) mass is 339 g/mol. The number of carbonyl (C=O) groups excluding carboxylic acids is 1. The zero-order valence-corrected chi connectivity index (χ0v) is 13.7. The van der Waals surface area contributed by atoms with E-state index in [9.17, 15) is 4.79 Å². The van der Waals surface area contributed by atoms with Gasteiger partial charge in [0.15, 0.2) is 18.1 Å². The summed E-state index contributed by atoms with van der Waals surface area (Å²) in [5.41, 5.74) is 0.488. The summed E-state index contributed by atoms with van der Waals surface area (Å²) < 4.78 is 16.4. The van der Waals surface area contributed by atoms with Gasteiger partial charge in [0.25, 0.3) is 5.91 Å². The summed E-state index contributed by atoms with van der Waals surface area (Å²) in [6, 6.07) is 12.4. The minimum atomic E-state index is -0.128. The molecule has 0 N–H and O–H groups in total. The number of amides is 1. The summed E-state index contributed by atoms with van der Waals surface area (Å²) >= 11 is 0. The molecule has 1 amide bonds. The number of para-hydroxylation sites is 2. The standard InChI is InChI=1S/C18H17N3O4/c1-23-15-4-2-3-5-16(15)24-12-18(22)21-10-14(11-21)25-17-8-13(9-19)6-7-20-17/h2-8,14H,10-12H2,1H3. The third kappa shape index (κ3) is 3.98. The average molecular weight is 339 g/mol. The number of likely N-dealkylation sites (tertiary alicyclic amines) is 1. The molecular weight excluding hydrogens is 322 g/mol. The van der Waals surface area contributed by atoms with Crippen molar-refractivity contribution < 1.29 is 19.0 Å². The smallest absolute Gasteiger partial charge is 0.260 e. The summed E-state index contributed by atoms with van der Waals surface area (Å²) in [5, 5.41) is 8.86. The summed E-state index contributed by atoms with van der Waals surface area (Å²) in [6.45, 7) is 0.869. The van der Waals surface area contributed by atoms with Gasteiger partial charge in [0.1, 0.15) is 6.10 Å². The molecule has 1 aliphatic rings. The third-order valence-corrected chi connectivity index (χ3v) is 3.77. The molecule has 0 aliphatic carbocycles. The molecule has 0 bridgehead atoms. The van der Waals surface area contributed by atoms with E-state index in [0.717, 1.165) is 0 Å². The average Bonchev–Trinajstić information content (AvgIpc) is 2.62. The molecular formula is C18H17N3O4. The van der Waals surface area contributed by atoms with Crippen LogP contribution in [0.25, 0.3) is 0 Å². The number of rotatable bonds is 6. The topological polar surface area (TPSA) is 84.7 Å². The van der Waals surface area contributed by atoms with Gasteiger partial charge in [0, 0.05) is 12.3 Å². The van der Waals surface area contributed by atoms with Crippen molar-refractivity contribution in [2.24, 2.45) is 0 Å². The first-order valence-electron chi connectivity index (χ1n) is 7.76. The Kier molecular flexibility index (Phi) is 5.00. The molecule has 25 heavy (non-hydrogen) atoms. The van der Waals surface area contributed by atoms with Crippen molar-refractivity contribution >= 4 is 5.91 Å². The molecule has 7 nitrogen and oxygen atoms in total. The van der Waals surface area contributed by atoms with Crippen LogP contribution in [0.4, 0.5) is 0 Å². The lowest BCUT2D eigenvalue weighted by Gasteiger charge is -2.38. The van der Waals surface area contributed by atoms with Gasteiger partial charge in [-0.25, -0.2) is 4.98 Å². The summed E-state index contributed by atoms with van der Waals surface area (Å²) in [4.78, 5) is 17.8. The maximum absolute atomic E-state index is 12.1. The number of nitriles is 1. The van der Waals surface area contributed by atoms with E-state index >= 15 is 0 Å². The van der Waals surface area contributed by atoms with Gasteiger partial charge in [0.05, 0.1) is 31.8 Å². The number of nitrogens with zero attached hydrogens (tertiary/aromatic N) is 3. The van der Waals surface area contributed by atoms with Crippen molar-refractivity contribution in [3.8, 4) is 23.4 Å². The lowest BCUT2D eigenvalue weighted by molar-refractivity contribution is -0.142. The molecule has 2 heterocycles. The summed E-state index contributed by atoms with van der Waals surface area (Å²) in [7, 11) is 1.55. The van der Waals surface area contributed by atoms with Crippen molar-refractivity contribution in [3.63, 3.8) is 0 Å². The van der Waals surface area contributed by atoms with Crippen LogP contribution in [0, 0.1) is 11.3 Å². The van der Waals surface area contributed by atoms with E-state index in [2.05, 4.69) is 4.98 Å². The molecule has 1 saturated heterocycles. The molecule has 1 fully saturated rings. The van der Waals surface area contributed by atoms with Gasteiger partial charge in [-0.05, 0) is 18.2 Å². The Balaban J connectivity index is 1.46. The highest BCUT2D eigenvalue weighted by Crippen LogP contribution is 2.26. The molecule has 128 valence electrons. The van der Waals surface area contributed by atoms with Gasteiger partial charge in [-0.2, -0.15) is 5.26 Å².